The summed E-state index contributed by atoms with van der Waals surface area (Å²) in [6, 6.07) is 4.96. The third-order valence-corrected chi connectivity index (χ3v) is 6.54. The van der Waals surface area contributed by atoms with Crippen LogP contribution in [0.5, 0.6) is 11.6 Å². The van der Waals surface area contributed by atoms with Crippen molar-refractivity contribution in [1.82, 2.24) is 4.98 Å². The fourth-order valence-electron chi connectivity index (χ4n) is 4.33. The summed E-state index contributed by atoms with van der Waals surface area (Å²) in [5.41, 5.74) is 1.85. The molecule has 0 bridgehead atoms. The number of phenolic OH excluding ortho intramolecular Hbond substituents is 1. The molecule has 5 rings (SSSR count). The predicted molar refractivity (Wildman–Crippen MR) is 112 cm³/mol. The van der Waals surface area contributed by atoms with Gasteiger partial charge in [0.1, 0.15) is 10.8 Å². The summed E-state index contributed by atoms with van der Waals surface area (Å²) >= 11 is 6.44. The third kappa shape index (κ3) is 3.04. The van der Waals surface area contributed by atoms with Crippen molar-refractivity contribution in [3.63, 3.8) is 0 Å². The Labute approximate surface area is 179 Å². The first-order valence-electron chi connectivity index (χ1n) is 10.1. The van der Waals surface area contributed by atoms with E-state index in [1.807, 2.05) is 0 Å². The number of hydrogen-bond donors (Lipinski definition) is 2. The summed E-state index contributed by atoms with van der Waals surface area (Å²) in [5, 5.41) is 18.1. The van der Waals surface area contributed by atoms with Gasteiger partial charge in [-0.1, -0.05) is 11.6 Å². The number of anilines is 2. The number of pyridine rings is 1. The number of aromatic nitrogens is 1. The van der Waals surface area contributed by atoms with Crippen molar-refractivity contribution in [3.8, 4) is 11.6 Å². The topological polar surface area (TPSA) is 95.7 Å². The smallest absolute Gasteiger partial charge is 0.242 e. The molecule has 1 aliphatic carbocycles. The number of carbonyl (C=O) groups is 1. The van der Waals surface area contributed by atoms with Gasteiger partial charge < -0.3 is 20.0 Å². The summed E-state index contributed by atoms with van der Waals surface area (Å²) in [6.45, 7) is 2.03. The first kappa shape index (κ1) is 19.3. The maximum absolute atomic E-state index is 13.3. The van der Waals surface area contributed by atoms with Crippen LogP contribution >= 0.6 is 11.6 Å². The average molecular weight is 428 g/mol. The van der Waals surface area contributed by atoms with Gasteiger partial charge in [-0.25, -0.2) is 4.98 Å². The molecule has 156 valence electrons. The summed E-state index contributed by atoms with van der Waals surface area (Å²) in [7, 11) is 0. The van der Waals surface area contributed by atoms with E-state index in [0.717, 1.165) is 50.7 Å². The van der Waals surface area contributed by atoms with Crippen LogP contribution in [0.25, 0.3) is 0 Å². The minimum absolute atomic E-state index is 0.0327. The van der Waals surface area contributed by atoms with Gasteiger partial charge in [-0.15, -0.1) is 0 Å². The van der Waals surface area contributed by atoms with Gasteiger partial charge in [-0.2, -0.15) is 0 Å². The van der Waals surface area contributed by atoms with Gasteiger partial charge in [0, 0.05) is 31.1 Å². The molecule has 0 unspecified atom stereocenters. The van der Waals surface area contributed by atoms with Gasteiger partial charge in [-0.05, 0) is 49.3 Å². The molecule has 1 saturated carbocycles. The fourth-order valence-corrected chi connectivity index (χ4v) is 4.55. The second kappa shape index (κ2) is 7.25. The standard InChI is InChI=1S/C22H22ClN3O4/c23-17-8-15(11-25-20(17)30-12-13-1-5-29-6-2-13)26-18-9-19(27)14(10-24)7-16(18)22(3-4-22)21(26)28/h7-11,13,24,27H,1-6,12H2. The molecule has 2 aliphatic heterocycles. The molecule has 30 heavy (non-hydrogen) atoms. The fraction of sp³-hybridized carbons (Fsp3) is 0.409. The minimum Gasteiger partial charge on any atom is -0.507 e. The highest BCUT2D eigenvalue weighted by Gasteiger charge is 2.59. The number of ether oxygens (including phenoxy) is 2. The molecule has 3 heterocycles. The summed E-state index contributed by atoms with van der Waals surface area (Å²) in [4.78, 5) is 19.2. The second-order valence-electron chi connectivity index (χ2n) is 8.14. The SMILES string of the molecule is N=Cc1cc2c(cc1O)N(c1cnc(OCC3CCOCC3)c(Cl)c1)C(=O)C21CC1. The van der Waals surface area contributed by atoms with E-state index in [2.05, 4.69) is 4.98 Å². The Morgan fingerprint density at radius 2 is 2.10 bits per heavy atom. The minimum atomic E-state index is -0.564. The highest BCUT2D eigenvalue weighted by Crippen LogP contribution is 2.60. The van der Waals surface area contributed by atoms with E-state index in [1.165, 1.54) is 0 Å². The Balaban J connectivity index is 1.43. The first-order valence-corrected chi connectivity index (χ1v) is 10.5. The maximum atomic E-state index is 13.3. The molecule has 2 aromatic rings. The van der Waals surface area contributed by atoms with E-state index in [0.29, 0.717) is 40.4 Å². The number of fused-ring (bicyclic) bond motifs is 2. The Hall–Kier alpha value is -2.64. The monoisotopic (exact) mass is 427 g/mol. The predicted octanol–water partition coefficient (Wildman–Crippen LogP) is 3.95. The Bertz CT molecular complexity index is 1030. The lowest BCUT2D eigenvalue weighted by molar-refractivity contribution is -0.119. The number of benzene rings is 1. The van der Waals surface area contributed by atoms with Crippen molar-refractivity contribution < 1.29 is 19.4 Å². The van der Waals surface area contributed by atoms with Crippen LogP contribution in [0.2, 0.25) is 5.02 Å². The largest absolute Gasteiger partial charge is 0.507 e. The van der Waals surface area contributed by atoms with Crippen molar-refractivity contribution in [2.24, 2.45) is 5.92 Å². The molecule has 1 spiro atoms. The molecule has 1 aromatic carbocycles. The lowest BCUT2D eigenvalue weighted by Crippen LogP contribution is -2.28. The normalized spacial score (nSPS) is 19.8. The number of aromatic hydroxyl groups is 1. The zero-order chi connectivity index (χ0) is 20.9. The molecule has 0 radical (unpaired) electrons. The number of halogens is 1. The highest BCUT2D eigenvalue weighted by molar-refractivity contribution is 6.32. The highest BCUT2D eigenvalue weighted by atomic mass is 35.5. The van der Waals surface area contributed by atoms with E-state index in [4.69, 9.17) is 26.5 Å². The Morgan fingerprint density at radius 1 is 1.33 bits per heavy atom. The van der Waals surface area contributed by atoms with E-state index >= 15 is 0 Å². The van der Waals surface area contributed by atoms with Gasteiger partial charge in [0.05, 0.1) is 29.6 Å². The van der Waals surface area contributed by atoms with Crippen molar-refractivity contribution in [3.05, 3.63) is 40.5 Å². The van der Waals surface area contributed by atoms with Gasteiger partial charge >= 0.3 is 0 Å². The number of rotatable bonds is 5. The van der Waals surface area contributed by atoms with Crippen LogP contribution < -0.4 is 9.64 Å². The van der Waals surface area contributed by atoms with E-state index in [-0.39, 0.29) is 11.7 Å². The van der Waals surface area contributed by atoms with Crippen LogP contribution in [0, 0.1) is 11.3 Å². The van der Waals surface area contributed by atoms with Crippen LogP contribution in [0.1, 0.15) is 36.8 Å². The van der Waals surface area contributed by atoms with Gasteiger partial charge in [0.15, 0.2) is 0 Å². The van der Waals surface area contributed by atoms with E-state index < -0.39 is 5.41 Å². The number of nitrogens with one attached hydrogen (secondary N) is 1. The van der Waals surface area contributed by atoms with Crippen molar-refractivity contribution in [2.75, 3.05) is 24.7 Å². The Morgan fingerprint density at radius 3 is 2.77 bits per heavy atom. The molecule has 2 fully saturated rings. The maximum Gasteiger partial charge on any atom is 0.242 e. The zero-order valence-corrected chi connectivity index (χ0v) is 17.1. The Kier molecular flexibility index (Phi) is 4.67. The number of hydrogen-bond acceptors (Lipinski definition) is 6. The van der Waals surface area contributed by atoms with E-state index in [9.17, 15) is 9.90 Å². The molecule has 1 saturated heterocycles. The molecular formula is C22H22ClN3O4. The van der Waals surface area contributed by atoms with Crippen LogP contribution in [0.15, 0.2) is 24.4 Å². The number of nitrogens with zero attached hydrogens (tertiary/aromatic N) is 2. The van der Waals surface area contributed by atoms with Crippen LogP contribution in [-0.4, -0.2) is 42.0 Å². The lowest BCUT2D eigenvalue weighted by atomic mass is 9.96. The van der Waals surface area contributed by atoms with Crippen molar-refractivity contribution >= 4 is 35.1 Å². The number of amides is 1. The first-order chi connectivity index (χ1) is 14.5. The molecular weight excluding hydrogens is 406 g/mol. The van der Waals surface area contributed by atoms with Crippen LogP contribution in [0.4, 0.5) is 11.4 Å². The molecule has 7 nitrogen and oxygen atoms in total. The van der Waals surface area contributed by atoms with Gasteiger partial charge in [0.2, 0.25) is 11.8 Å². The summed E-state index contributed by atoms with van der Waals surface area (Å²) < 4.78 is 11.2. The van der Waals surface area contributed by atoms with E-state index in [1.54, 1.807) is 29.3 Å². The molecule has 0 atom stereocenters. The van der Waals surface area contributed by atoms with Gasteiger partial charge in [0.25, 0.3) is 0 Å². The lowest BCUT2D eigenvalue weighted by Gasteiger charge is -2.22. The zero-order valence-electron chi connectivity index (χ0n) is 16.4. The van der Waals surface area contributed by atoms with Gasteiger partial charge in [-0.3, -0.25) is 9.69 Å². The van der Waals surface area contributed by atoms with Crippen molar-refractivity contribution in [2.45, 2.75) is 31.1 Å². The second-order valence-corrected chi connectivity index (χ2v) is 8.55. The number of phenols is 1. The molecule has 1 aromatic heterocycles. The average Bonchev–Trinajstić information content (AvgIpc) is 3.52. The van der Waals surface area contributed by atoms with Crippen LogP contribution in [-0.2, 0) is 14.9 Å². The quantitative estimate of drug-likeness (QED) is 0.704. The third-order valence-electron chi connectivity index (χ3n) is 6.27. The van der Waals surface area contributed by atoms with Crippen LogP contribution in [0.3, 0.4) is 0 Å². The molecule has 8 heteroatoms. The molecule has 2 N–H and O–H groups in total. The molecule has 1 amide bonds. The summed E-state index contributed by atoms with van der Waals surface area (Å²) in [6.07, 6.45) is 6.10. The van der Waals surface area contributed by atoms with Crippen molar-refractivity contribution in [1.29, 1.82) is 5.41 Å². The number of carbonyl (C=O) groups excluding carboxylic acids is 1. The molecule has 3 aliphatic rings. The summed E-state index contributed by atoms with van der Waals surface area (Å²) in [5.74, 6) is 0.688.